The Morgan fingerprint density at radius 1 is 0.696 bits per heavy atom. The number of hydrogen-bond donors (Lipinski definition) is 0. The standard InChI is InChI=1S/C19H36O4/c1-15(2)22-18(20)14-12-10-8-6-7-9-11-13-17(5)19(21)23-16(3)4/h15-17H,6-14H2,1-5H3. The third kappa shape index (κ3) is 14.3. The van der Waals surface area contributed by atoms with Gasteiger partial charge in [-0.1, -0.05) is 45.4 Å². The molecule has 0 heterocycles. The van der Waals surface area contributed by atoms with E-state index in [-0.39, 0.29) is 30.1 Å². The van der Waals surface area contributed by atoms with E-state index in [1.165, 1.54) is 19.3 Å². The van der Waals surface area contributed by atoms with Gasteiger partial charge >= 0.3 is 11.9 Å². The summed E-state index contributed by atoms with van der Waals surface area (Å²) in [6.07, 6.45) is 9.22. The van der Waals surface area contributed by atoms with Crippen molar-refractivity contribution in [2.24, 2.45) is 5.92 Å². The van der Waals surface area contributed by atoms with E-state index in [9.17, 15) is 9.59 Å². The molecule has 0 aliphatic rings. The maximum atomic E-state index is 11.7. The van der Waals surface area contributed by atoms with Crippen LogP contribution in [0.25, 0.3) is 0 Å². The summed E-state index contributed by atoms with van der Waals surface area (Å²) in [5.74, 6) is -0.153. The van der Waals surface area contributed by atoms with Gasteiger partial charge in [0, 0.05) is 6.42 Å². The summed E-state index contributed by atoms with van der Waals surface area (Å²) in [5.41, 5.74) is 0. The molecule has 1 unspecified atom stereocenters. The minimum absolute atomic E-state index is 0.00405. The number of esters is 2. The van der Waals surface area contributed by atoms with Crippen LogP contribution >= 0.6 is 0 Å². The second kappa shape index (κ2) is 13.4. The van der Waals surface area contributed by atoms with Gasteiger partial charge in [0.25, 0.3) is 0 Å². The molecule has 0 N–H and O–H groups in total. The van der Waals surface area contributed by atoms with Gasteiger partial charge in [0.15, 0.2) is 0 Å². The van der Waals surface area contributed by atoms with Crippen LogP contribution in [-0.2, 0) is 19.1 Å². The average molecular weight is 328 g/mol. The van der Waals surface area contributed by atoms with Crippen molar-refractivity contribution in [1.29, 1.82) is 0 Å². The first kappa shape index (κ1) is 21.9. The molecule has 0 rings (SSSR count). The van der Waals surface area contributed by atoms with Crippen molar-refractivity contribution >= 4 is 11.9 Å². The molecule has 0 saturated carbocycles. The molecule has 0 bridgehead atoms. The summed E-state index contributed by atoms with van der Waals surface area (Å²) in [6.45, 7) is 9.46. The fraction of sp³-hybridized carbons (Fsp3) is 0.895. The Kier molecular flexibility index (Phi) is 12.8. The van der Waals surface area contributed by atoms with Gasteiger partial charge < -0.3 is 9.47 Å². The predicted molar refractivity (Wildman–Crippen MR) is 93.2 cm³/mol. The first-order valence-corrected chi connectivity index (χ1v) is 9.23. The quantitative estimate of drug-likeness (QED) is 0.351. The largest absolute Gasteiger partial charge is 0.463 e. The zero-order valence-corrected chi connectivity index (χ0v) is 15.7. The van der Waals surface area contributed by atoms with E-state index >= 15 is 0 Å². The van der Waals surface area contributed by atoms with Gasteiger partial charge in [-0.25, -0.2) is 0 Å². The minimum Gasteiger partial charge on any atom is -0.463 e. The average Bonchev–Trinajstić information content (AvgIpc) is 2.43. The number of hydrogen-bond acceptors (Lipinski definition) is 4. The molecule has 0 aromatic heterocycles. The van der Waals surface area contributed by atoms with Crippen LogP contribution in [-0.4, -0.2) is 24.1 Å². The molecule has 0 saturated heterocycles. The molecule has 0 aliphatic heterocycles. The first-order valence-electron chi connectivity index (χ1n) is 9.23. The Morgan fingerprint density at radius 2 is 1.17 bits per heavy atom. The highest BCUT2D eigenvalue weighted by Gasteiger charge is 2.14. The highest BCUT2D eigenvalue weighted by atomic mass is 16.5. The van der Waals surface area contributed by atoms with E-state index in [0.717, 1.165) is 32.1 Å². The van der Waals surface area contributed by atoms with Gasteiger partial charge in [0.05, 0.1) is 18.1 Å². The molecular formula is C19H36O4. The molecular weight excluding hydrogens is 292 g/mol. The molecule has 1 atom stereocenters. The van der Waals surface area contributed by atoms with Crippen molar-refractivity contribution in [3.05, 3.63) is 0 Å². The van der Waals surface area contributed by atoms with Crippen LogP contribution in [0.2, 0.25) is 0 Å². The molecule has 136 valence electrons. The van der Waals surface area contributed by atoms with Crippen LogP contribution < -0.4 is 0 Å². The molecule has 4 nitrogen and oxygen atoms in total. The maximum absolute atomic E-state index is 11.7. The molecule has 0 aliphatic carbocycles. The summed E-state index contributed by atoms with van der Waals surface area (Å²) in [4.78, 5) is 23.0. The monoisotopic (exact) mass is 328 g/mol. The Hall–Kier alpha value is -1.06. The van der Waals surface area contributed by atoms with Gasteiger partial charge in [-0.3, -0.25) is 9.59 Å². The zero-order chi connectivity index (χ0) is 17.7. The van der Waals surface area contributed by atoms with E-state index in [4.69, 9.17) is 9.47 Å². The Balaban J connectivity index is 3.40. The number of unbranched alkanes of at least 4 members (excludes halogenated alkanes) is 6. The van der Waals surface area contributed by atoms with Gasteiger partial charge in [0.1, 0.15) is 0 Å². The molecule has 0 spiro atoms. The lowest BCUT2D eigenvalue weighted by Gasteiger charge is -2.13. The molecule has 0 amide bonds. The molecule has 0 fully saturated rings. The van der Waals surface area contributed by atoms with E-state index in [1.807, 2.05) is 34.6 Å². The number of carbonyl (C=O) groups excluding carboxylic acids is 2. The van der Waals surface area contributed by atoms with Crippen molar-refractivity contribution in [3.63, 3.8) is 0 Å². The van der Waals surface area contributed by atoms with Gasteiger partial charge in [-0.15, -0.1) is 0 Å². The minimum atomic E-state index is -0.0812. The summed E-state index contributed by atoms with van der Waals surface area (Å²) in [6, 6.07) is 0. The van der Waals surface area contributed by atoms with Crippen LogP contribution in [0, 0.1) is 5.92 Å². The van der Waals surface area contributed by atoms with Crippen LogP contribution in [0.15, 0.2) is 0 Å². The fourth-order valence-corrected chi connectivity index (χ4v) is 2.39. The summed E-state index contributed by atoms with van der Waals surface area (Å²) < 4.78 is 10.3. The Labute approximate surface area is 142 Å². The van der Waals surface area contributed by atoms with E-state index in [2.05, 4.69) is 0 Å². The third-order valence-electron chi connectivity index (χ3n) is 3.64. The summed E-state index contributed by atoms with van der Waals surface area (Å²) in [7, 11) is 0. The lowest BCUT2D eigenvalue weighted by Crippen LogP contribution is -2.18. The number of ether oxygens (including phenoxy) is 2. The van der Waals surface area contributed by atoms with Gasteiger partial charge in [-0.2, -0.15) is 0 Å². The second-order valence-corrected chi connectivity index (χ2v) is 6.94. The SMILES string of the molecule is CC(C)OC(=O)CCCCCCCCCC(C)C(=O)OC(C)C. The van der Waals surface area contributed by atoms with Gasteiger partial charge in [-0.05, 0) is 40.5 Å². The second-order valence-electron chi connectivity index (χ2n) is 6.94. The van der Waals surface area contributed by atoms with Crippen molar-refractivity contribution in [3.8, 4) is 0 Å². The maximum Gasteiger partial charge on any atom is 0.308 e. The third-order valence-corrected chi connectivity index (χ3v) is 3.64. The van der Waals surface area contributed by atoms with Gasteiger partial charge in [0.2, 0.25) is 0 Å². The molecule has 0 aromatic rings. The number of carbonyl (C=O) groups is 2. The molecule has 0 radical (unpaired) electrons. The highest BCUT2D eigenvalue weighted by molar-refractivity contribution is 5.72. The lowest BCUT2D eigenvalue weighted by atomic mass is 10.0. The Morgan fingerprint density at radius 3 is 1.70 bits per heavy atom. The summed E-state index contributed by atoms with van der Waals surface area (Å²) >= 11 is 0. The molecule has 4 heteroatoms. The zero-order valence-electron chi connectivity index (χ0n) is 15.7. The smallest absolute Gasteiger partial charge is 0.308 e. The van der Waals surface area contributed by atoms with Crippen molar-refractivity contribution < 1.29 is 19.1 Å². The van der Waals surface area contributed by atoms with E-state index < -0.39 is 0 Å². The molecule has 23 heavy (non-hydrogen) atoms. The van der Waals surface area contributed by atoms with Crippen LogP contribution in [0.4, 0.5) is 0 Å². The Bertz CT molecular complexity index is 323. The van der Waals surface area contributed by atoms with Crippen LogP contribution in [0.3, 0.4) is 0 Å². The predicted octanol–water partition coefficient (Wildman–Crippen LogP) is 5.04. The van der Waals surface area contributed by atoms with Crippen molar-refractivity contribution in [2.75, 3.05) is 0 Å². The van der Waals surface area contributed by atoms with E-state index in [0.29, 0.717) is 6.42 Å². The van der Waals surface area contributed by atoms with Crippen molar-refractivity contribution in [2.45, 2.75) is 105 Å². The normalized spacial score (nSPS) is 12.5. The van der Waals surface area contributed by atoms with Crippen molar-refractivity contribution in [1.82, 2.24) is 0 Å². The van der Waals surface area contributed by atoms with Crippen LogP contribution in [0.5, 0.6) is 0 Å². The topological polar surface area (TPSA) is 52.6 Å². The first-order chi connectivity index (χ1) is 10.8. The van der Waals surface area contributed by atoms with E-state index in [1.54, 1.807) is 0 Å². The molecule has 0 aromatic carbocycles. The fourth-order valence-electron chi connectivity index (χ4n) is 2.39. The number of rotatable bonds is 13. The highest BCUT2D eigenvalue weighted by Crippen LogP contribution is 2.15. The lowest BCUT2D eigenvalue weighted by molar-refractivity contribution is -0.152. The van der Waals surface area contributed by atoms with Crippen LogP contribution in [0.1, 0.15) is 92.4 Å². The summed E-state index contributed by atoms with van der Waals surface area (Å²) in [5, 5.41) is 0.